The van der Waals surface area contributed by atoms with E-state index < -0.39 is 0 Å². The fourth-order valence-electron chi connectivity index (χ4n) is 1.85. The summed E-state index contributed by atoms with van der Waals surface area (Å²) in [5.41, 5.74) is 0. The SMILES string of the molecule is O=C(NC1CCCCC1)c1nccnn1. The molecule has 1 saturated carbocycles. The van der Waals surface area contributed by atoms with Crippen LogP contribution in [-0.2, 0) is 0 Å². The van der Waals surface area contributed by atoms with Gasteiger partial charge >= 0.3 is 0 Å². The van der Waals surface area contributed by atoms with Crippen LogP contribution < -0.4 is 5.32 Å². The normalized spacial score (nSPS) is 17.3. The zero-order valence-corrected chi connectivity index (χ0v) is 8.52. The van der Waals surface area contributed by atoms with E-state index in [1.54, 1.807) is 0 Å². The van der Waals surface area contributed by atoms with E-state index in [9.17, 15) is 4.79 Å². The smallest absolute Gasteiger partial charge is 0.291 e. The summed E-state index contributed by atoms with van der Waals surface area (Å²) < 4.78 is 0. The number of nitrogens with zero attached hydrogens (tertiary/aromatic N) is 3. The lowest BCUT2D eigenvalue weighted by molar-refractivity contribution is 0.0916. The number of hydrogen-bond acceptors (Lipinski definition) is 4. The Morgan fingerprint density at radius 1 is 1.27 bits per heavy atom. The fourth-order valence-corrected chi connectivity index (χ4v) is 1.85. The third kappa shape index (κ3) is 2.71. The van der Waals surface area contributed by atoms with Crippen LogP contribution in [0.4, 0.5) is 0 Å². The maximum absolute atomic E-state index is 11.6. The highest BCUT2D eigenvalue weighted by atomic mass is 16.2. The van der Waals surface area contributed by atoms with Crippen molar-refractivity contribution in [2.75, 3.05) is 0 Å². The molecule has 1 amide bonds. The number of carbonyl (C=O) groups excluding carboxylic acids is 1. The summed E-state index contributed by atoms with van der Waals surface area (Å²) >= 11 is 0. The number of amides is 1. The van der Waals surface area contributed by atoms with E-state index in [1.165, 1.54) is 31.7 Å². The Labute approximate surface area is 88.3 Å². The van der Waals surface area contributed by atoms with E-state index >= 15 is 0 Å². The molecule has 5 nitrogen and oxygen atoms in total. The number of aromatic nitrogens is 3. The van der Waals surface area contributed by atoms with E-state index in [0.29, 0.717) is 0 Å². The standard InChI is InChI=1S/C10H14N4O/c15-10(9-11-6-7-12-14-9)13-8-4-2-1-3-5-8/h6-8H,1-5H2,(H,13,15). The van der Waals surface area contributed by atoms with Crippen molar-refractivity contribution >= 4 is 5.91 Å². The minimum absolute atomic E-state index is 0.156. The highest BCUT2D eigenvalue weighted by Gasteiger charge is 2.17. The summed E-state index contributed by atoms with van der Waals surface area (Å²) in [5, 5.41) is 10.2. The molecule has 0 saturated heterocycles. The van der Waals surface area contributed by atoms with Gasteiger partial charge in [0.25, 0.3) is 5.91 Å². The van der Waals surface area contributed by atoms with Gasteiger partial charge in [-0.2, -0.15) is 5.10 Å². The first-order valence-electron chi connectivity index (χ1n) is 5.31. The van der Waals surface area contributed by atoms with Gasteiger partial charge in [0.2, 0.25) is 5.82 Å². The number of hydrogen-bond donors (Lipinski definition) is 1. The van der Waals surface area contributed by atoms with Crippen LogP contribution in [0.5, 0.6) is 0 Å². The molecule has 0 aromatic carbocycles. The lowest BCUT2D eigenvalue weighted by Crippen LogP contribution is -2.37. The van der Waals surface area contributed by atoms with Gasteiger partial charge in [0.1, 0.15) is 0 Å². The van der Waals surface area contributed by atoms with Gasteiger partial charge in [-0.05, 0) is 12.8 Å². The largest absolute Gasteiger partial charge is 0.347 e. The molecule has 15 heavy (non-hydrogen) atoms. The summed E-state index contributed by atoms with van der Waals surface area (Å²) in [7, 11) is 0. The molecule has 0 spiro atoms. The summed E-state index contributed by atoms with van der Waals surface area (Å²) in [6.07, 6.45) is 8.71. The van der Waals surface area contributed by atoms with E-state index in [2.05, 4.69) is 20.5 Å². The number of rotatable bonds is 2. The molecule has 1 aromatic heterocycles. The third-order valence-electron chi connectivity index (χ3n) is 2.63. The minimum Gasteiger partial charge on any atom is -0.347 e. The molecule has 0 unspecified atom stereocenters. The Kier molecular flexibility index (Phi) is 3.22. The molecule has 1 aromatic rings. The molecule has 0 atom stereocenters. The molecule has 0 radical (unpaired) electrons. The van der Waals surface area contributed by atoms with Crippen LogP contribution >= 0.6 is 0 Å². The van der Waals surface area contributed by atoms with Crippen LogP contribution in [0.3, 0.4) is 0 Å². The monoisotopic (exact) mass is 206 g/mol. The second-order valence-corrected chi connectivity index (χ2v) is 3.77. The van der Waals surface area contributed by atoms with E-state index in [0.717, 1.165) is 12.8 Å². The fraction of sp³-hybridized carbons (Fsp3) is 0.600. The first kappa shape index (κ1) is 10.0. The van der Waals surface area contributed by atoms with Crippen molar-refractivity contribution in [3.63, 3.8) is 0 Å². The van der Waals surface area contributed by atoms with Gasteiger partial charge in [-0.3, -0.25) is 4.79 Å². The molecule has 1 N–H and O–H groups in total. The van der Waals surface area contributed by atoms with Gasteiger partial charge in [-0.1, -0.05) is 19.3 Å². The third-order valence-corrected chi connectivity index (χ3v) is 2.63. The van der Waals surface area contributed by atoms with Crippen LogP contribution in [0.2, 0.25) is 0 Å². The van der Waals surface area contributed by atoms with Gasteiger partial charge in [0.05, 0.1) is 6.20 Å². The second-order valence-electron chi connectivity index (χ2n) is 3.77. The lowest BCUT2D eigenvalue weighted by atomic mass is 9.95. The Bertz CT molecular complexity index is 321. The van der Waals surface area contributed by atoms with Gasteiger partial charge in [-0.15, -0.1) is 5.10 Å². The van der Waals surface area contributed by atoms with E-state index in [-0.39, 0.29) is 17.8 Å². The van der Waals surface area contributed by atoms with Crippen molar-refractivity contribution in [3.05, 3.63) is 18.2 Å². The Morgan fingerprint density at radius 2 is 2.07 bits per heavy atom. The van der Waals surface area contributed by atoms with Crippen LogP contribution in [0.15, 0.2) is 12.4 Å². The molecule has 80 valence electrons. The summed E-state index contributed by atoms with van der Waals surface area (Å²) in [6, 6.07) is 0.287. The van der Waals surface area contributed by atoms with Crippen molar-refractivity contribution in [2.45, 2.75) is 38.1 Å². The lowest BCUT2D eigenvalue weighted by Gasteiger charge is -2.22. The number of nitrogens with one attached hydrogen (secondary N) is 1. The molecule has 1 aliphatic rings. The summed E-state index contributed by atoms with van der Waals surface area (Å²) in [6.45, 7) is 0. The van der Waals surface area contributed by atoms with Crippen LogP contribution in [0.1, 0.15) is 42.7 Å². The molecular formula is C10H14N4O. The average molecular weight is 206 g/mol. The van der Waals surface area contributed by atoms with Gasteiger partial charge in [0, 0.05) is 12.2 Å². The van der Waals surface area contributed by atoms with Crippen molar-refractivity contribution in [3.8, 4) is 0 Å². The molecule has 2 rings (SSSR count). The van der Waals surface area contributed by atoms with Crippen molar-refractivity contribution < 1.29 is 4.79 Å². The molecule has 5 heteroatoms. The van der Waals surface area contributed by atoms with Crippen molar-refractivity contribution in [2.24, 2.45) is 0 Å². The van der Waals surface area contributed by atoms with E-state index in [1.807, 2.05) is 0 Å². The predicted molar refractivity (Wildman–Crippen MR) is 54.2 cm³/mol. The Balaban J connectivity index is 1.91. The topological polar surface area (TPSA) is 67.8 Å². The zero-order chi connectivity index (χ0) is 10.5. The van der Waals surface area contributed by atoms with E-state index in [4.69, 9.17) is 0 Å². The van der Waals surface area contributed by atoms with Crippen molar-refractivity contribution in [1.82, 2.24) is 20.5 Å². The van der Waals surface area contributed by atoms with Gasteiger partial charge in [-0.25, -0.2) is 4.98 Å². The van der Waals surface area contributed by atoms with Gasteiger partial charge < -0.3 is 5.32 Å². The first-order valence-corrected chi connectivity index (χ1v) is 5.31. The molecule has 1 fully saturated rings. The minimum atomic E-state index is -0.213. The zero-order valence-electron chi connectivity index (χ0n) is 8.52. The Morgan fingerprint density at radius 3 is 2.73 bits per heavy atom. The molecule has 0 bridgehead atoms. The quantitative estimate of drug-likeness (QED) is 0.781. The average Bonchev–Trinajstić information content (AvgIpc) is 2.31. The summed E-state index contributed by atoms with van der Waals surface area (Å²) in [5.74, 6) is -0.0573. The van der Waals surface area contributed by atoms with Crippen molar-refractivity contribution in [1.29, 1.82) is 0 Å². The van der Waals surface area contributed by atoms with Crippen LogP contribution in [0, 0.1) is 0 Å². The Hall–Kier alpha value is -1.52. The molecular weight excluding hydrogens is 192 g/mol. The summed E-state index contributed by atoms with van der Waals surface area (Å²) in [4.78, 5) is 15.5. The first-order chi connectivity index (χ1) is 7.36. The second kappa shape index (κ2) is 4.82. The number of carbonyl (C=O) groups is 1. The maximum atomic E-state index is 11.6. The molecule has 1 heterocycles. The van der Waals surface area contributed by atoms with Crippen LogP contribution in [0.25, 0.3) is 0 Å². The predicted octanol–water partition coefficient (Wildman–Crippen LogP) is 0.934. The van der Waals surface area contributed by atoms with Crippen LogP contribution in [-0.4, -0.2) is 27.1 Å². The highest BCUT2D eigenvalue weighted by molar-refractivity contribution is 5.90. The maximum Gasteiger partial charge on any atom is 0.291 e. The highest BCUT2D eigenvalue weighted by Crippen LogP contribution is 2.17. The van der Waals surface area contributed by atoms with Gasteiger partial charge in [0.15, 0.2) is 0 Å². The molecule has 0 aliphatic heterocycles. The molecule has 1 aliphatic carbocycles.